The highest BCUT2D eigenvalue weighted by Crippen LogP contribution is 2.35. The largest absolute Gasteiger partial charge is 0.325 e. The summed E-state index contributed by atoms with van der Waals surface area (Å²) < 4.78 is 0. The Morgan fingerprint density at radius 1 is 0.452 bits per heavy atom. The third kappa shape index (κ3) is 19.4. The van der Waals surface area contributed by atoms with Gasteiger partial charge in [0.1, 0.15) is 0 Å². The van der Waals surface area contributed by atoms with Crippen LogP contribution in [0.25, 0.3) is 0 Å². The summed E-state index contributed by atoms with van der Waals surface area (Å²) in [5.41, 5.74) is 7.38. The second kappa shape index (κ2) is 24.9. The lowest BCUT2D eigenvalue weighted by atomic mass is 9.72. The highest BCUT2D eigenvalue weighted by molar-refractivity contribution is 5.85. The number of hydrogen-bond acceptors (Lipinski definition) is 1. The molecule has 0 saturated heterocycles. The van der Waals surface area contributed by atoms with E-state index in [0.717, 1.165) is 5.92 Å². The summed E-state index contributed by atoms with van der Waals surface area (Å²) in [6.45, 7) is 9.29. The molecule has 1 nitrogen and oxygen atoms in total. The SMILES string of the molecule is CCCCCCCCC(CCC)C(N)(CCCCCCCC)CCCCCCCC.Cl. The average molecular weight is 460 g/mol. The fourth-order valence-corrected chi connectivity index (χ4v) is 5.24. The molecule has 1 atom stereocenters. The smallest absolute Gasteiger partial charge is 0.0182 e. The van der Waals surface area contributed by atoms with E-state index in [1.54, 1.807) is 0 Å². The van der Waals surface area contributed by atoms with Gasteiger partial charge in [-0.3, -0.25) is 0 Å². The zero-order valence-corrected chi connectivity index (χ0v) is 23.1. The summed E-state index contributed by atoms with van der Waals surface area (Å²) in [6, 6.07) is 0. The van der Waals surface area contributed by atoms with Gasteiger partial charge in [-0.15, -0.1) is 12.4 Å². The van der Waals surface area contributed by atoms with Crippen molar-refractivity contribution in [2.45, 2.75) is 181 Å². The number of nitrogens with two attached hydrogens (primary N) is 1. The van der Waals surface area contributed by atoms with Crippen LogP contribution in [0.2, 0.25) is 0 Å². The monoisotopic (exact) mass is 459 g/mol. The molecule has 0 spiro atoms. The van der Waals surface area contributed by atoms with Crippen LogP contribution in [0.4, 0.5) is 0 Å². The highest BCUT2D eigenvalue weighted by atomic mass is 35.5. The van der Waals surface area contributed by atoms with E-state index in [0.29, 0.717) is 0 Å². The van der Waals surface area contributed by atoms with Crippen molar-refractivity contribution < 1.29 is 0 Å². The van der Waals surface area contributed by atoms with Crippen molar-refractivity contribution in [3.05, 3.63) is 0 Å². The quantitative estimate of drug-likeness (QED) is 0.143. The molecule has 1 unspecified atom stereocenters. The van der Waals surface area contributed by atoms with Gasteiger partial charge >= 0.3 is 0 Å². The average Bonchev–Trinajstić information content (AvgIpc) is 2.74. The molecule has 0 aliphatic heterocycles. The number of hydrogen-bond donors (Lipinski definition) is 1. The molecule has 31 heavy (non-hydrogen) atoms. The van der Waals surface area contributed by atoms with Crippen molar-refractivity contribution >= 4 is 12.4 Å². The molecule has 0 aromatic carbocycles. The van der Waals surface area contributed by atoms with E-state index in [2.05, 4.69) is 27.7 Å². The predicted octanol–water partition coefficient (Wildman–Crippen LogP) is 10.8. The molecular weight excluding hydrogens is 398 g/mol. The van der Waals surface area contributed by atoms with Crippen LogP contribution in [0.15, 0.2) is 0 Å². The molecular formula is C29H62ClN. The topological polar surface area (TPSA) is 26.0 Å². The van der Waals surface area contributed by atoms with Crippen LogP contribution < -0.4 is 5.73 Å². The van der Waals surface area contributed by atoms with Crippen molar-refractivity contribution in [2.75, 3.05) is 0 Å². The Morgan fingerprint density at radius 3 is 1.19 bits per heavy atom. The predicted molar refractivity (Wildman–Crippen MR) is 147 cm³/mol. The third-order valence-electron chi connectivity index (χ3n) is 7.35. The van der Waals surface area contributed by atoms with E-state index in [-0.39, 0.29) is 17.9 Å². The van der Waals surface area contributed by atoms with E-state index >= 15 is 0 Å². The van der Waals surface area contributed by atoms with Gasteiger partial charge in [0.2, 0.25) is 0 Å². The van der Waals surface area contributed by atoms with Gasteiger partial charge in [0, 0.05) is 5.54 Å². The molecule has 2 heteroatoms. The first kappa shape index (κ1) is 33.4. The molecule has 0 aromatic heterocycles. The molecule has 0 aliphatic carbocycles. The van der Waals surface area contributed by atoms with Gasteiger partial charge in [0.25, 0.3) is 0 Å². The Balaban J connectivity index is 0. The normalized spacial score (nSPS) is 12.7. The maximum absolute atomic E-state index is 7.27. The van der Waals surface area contributed by atoms with E-state index in [9.17, 15) is 0 Å². The molecule has 0 saturated carbocycles. The van der Waals surface area contributed by atoms with Gasteiger partial charge in [-0.1, -0.05) is 150 Å². The second-order valence-electron chi connectivity index (χ2n) is 10.3. The molecule has 0 radical (unpaired) electrons. The van der Waals surface area contributed by atoms with Crippen LogP contribution >= 0.6 is 12.4 Å². The summed E-state index contributed by atoms with van der Waals surface area (Å²) in [5, 5.41) is 0. The van der Waals surface area contributed by atoms with E-state index in [1.807, 2.05) is 0 Å². The fraction of sp³-hybridized carbons (Fsp3) is 1.00. The number of halogens is 1. The summed E-state index contributed by atoms with van der Waals surface area (Å²) in [4.78, 5) is 0. The summed E-state index contributed by atoms with van der Waals surface area (Å²) >= 11 is 0. The minimum atomic E-state index is 0. The Labute approximate surface area is 204 Å². The third-order valence-corrected chi connectivity index (χ3v) is 7.35. The van der Waals surface area contributed by atoms with Crippen LogP contribution in [0.1, 0.15) is 175 Å². The van der Waals surface area contributed by atoms with Gasteiger partial charge in [-0.2, -0.15) is 0 Å². The minimum Gasteiger partial charge on any atom is -0.325 e. The Hall–Kier alpha value is 0.250. The van der Waals surface area contributed by atoms with Crippen molar-refractivity contribution in [3.63, 3.8) is 0 Å². The molecule has 0 bridgehead atoms. The summed E-state index contributed by atoms with van der Waals surface area (Å²) in [6.07, 6.45) is 31.7. The molecule has 190 valence electrons. The van der Waals surface area contributed by atoms with Crippen LogP contribution in [-0.2, 0) is 0 Å². The van der Waals surface area contributed by atoms with Crippen LogP contribution in [0.5, 0.6) is 0 Å². The molecule has 0 aliphatic rings. The molecule has 0 fully saturated rings. The van der Waals surface area contributed by atoms with Crippen LogP contribution in [-0.4, -0.2) is 5.54 Å². The molecule has 2 N–H and O–H groups in total. The first-order chi connectivity index (χ1) is 14.6. The number of rotatable bonds is 24. The van der Waals surface area contributed by atoms with Crippen LogP contribution in [0.3, 0.4) is 0 Å². The lowest BCUT2D eigenvalue weighted by Crippen LogP contribution is -2.47. The zero-order chi connectivity index (χ0) is 22.3. The van der Waals surface area contributed by atoms with Gasteiger partial charge < -0.3 is 5.73 Å². The highest BCUT2D eigenvalue weighted by Gasteiger charge is 2.32. The summed E-state index contributed by atoms with van der Waals surface area (Å²) in [5.74, 6) is 0.750. The van der Waals surface area contributed by atoms with E-state index in [4.69, 9.17) is 5.73 Å². The molecule has 0 rings (SSSR count). The van der Waals surface area contributed by atoms with Crippen molar-refractivity contribution in [1.29, 1.82) is 0 Å². The number of unbranched alkanes of at least 4 members (excludes halogenated alkanes) is 15. The minimum absolute atomic E-state index is 0. The van der Waals surface area contributed by atoms with Gasteiger partial charge in [-0.05, 0) is 31.6 Å². The zero-order valence-electron chi connectivity index (χ0n) is 22.3. The molecule has 0 aromatic rings. The molecule has 0 amide bonds. The lowest BCUT2D eigenvalue weighted by Gasteiger charge is -2.39. The van der Waals surface area contributed by atoms with Crippen LogP contribution in [0, 0.1) is 5.92 Å². The maximum atomic E-state index is 7.27. The van der Waals surface area contributed by atoms with Gasteiger partial charge in [-0.25, -0.2) is 0 Å². The lowest BCUT2D eigenvalue weighted by molar-refractivity contribution is 0.192. The van der Waals surface area contributed by atoms with Crippen molar-refractivity contribution in [3.8, 4) is 0 Å². The maximum Gasteiger partial charge on any atom is 0.0182 e. The standard InChI is InChI=1S/C29H61N.ClH/c1-5-9-12-15-18-21-25-28(24-8-4)29(30,26-22-19-16-13-10-6-2)27-23-20-17-14-11-7-3;/h28H,5-27,30H2,1-4H3;1H. The Bertz CT molecular complexity index is 315. The Kier molecular flexibility index (Phi) is 26.8. The first-order valence-electron chi connectivity index (χ1n) is 14.4. The molecule has 0 heterocycles. The van der Waals surface area contributed by atoms with E-state index in [1.165, 1.54) is 148 Å². The van der Waals surface area contributed by atoms with E-state index < -0.39 is 0 Å². The van der Waals surface area contributed by atoms with Crippen molar-refractivity contribution in [2.24, 2.45) is 11.7 Å². The fourth-order valence-electron chi connectivity index (χ4n) is 5.24. The van der Waals surface area contributed by atoms with Gasteiger partial charge in [0.15, 0.2) is 0 Å². The first-order valence-corrected chi connectivity index (χ1v) is 14.4. The van der Waals surface area contributed by atoms with Crippen molar-refractivity contribution in [1.82, 2.24) is 0 Å². The second-order valence-corrected chi connectivity index (χ2v) is 10.3. The summed E-state index contributed by atoms with van der Waals surface area (Å²) in [7, 11) is 0. The van der Waals surface area contributed by atoms with Gasteiger partial charge in [0.05, 0.1) is 0 Å². The Morgan fingerprint density at radius 2 is 0.806 bits per heavy atom.